The van der Waals surface area contributed by atoms with Crippen LogP contribution in [0.15, 0.2) is 0 Å². The molecule has 0 atom stereocenters. The van der Waals surface area contributed by atoms with Crippen LogP contribution in [0.25, 0.3) is 0 Å². The first-order chi connectivity index (χ1) is 11.7. The highest BCUT2D eigenvalue weighted by atomic mass is 35.5. The van der Waals surface area contributed by atoms with Crippen molar-refractivity contribution in [3.63, 3.8) is 0 Å². The zero-order chi connectivity index (χ0) is 21.3. The Morgan fingerprint density at radius 1 is 0.538 bits per heavy atom. The normalized spacial score (nSPS) is 12.0. The van der Waals surface area contributed by atoms with Gasteiger partial charge in [-0.2, -0.15) is 0 Å². The lowest BCUT2D eigenvalue weighted by Crippen LogP contribution is -2.20. The van der Waals surface area contributed by atoms with E-state index in [1.165, 1.54) is 12.8 Å². The van der Waals surface area contributed by atoms with Crippen molar-refractivity contribution in [1.29, 1.82) is 0 Å². The van der Waals surface area contributed by atoms with Crippen molar-refractivity contribution in [2.45, 2.75) is 105 Å². The standard InChI is InChI=1S/C8H18O.C7H15ClO.C6H13ClO/c1-5-6-7-9-8(2,3)4;1-7(2,3)9-6-4-5-8;1-6(2,3)8-5-4-7/h5-7H2,1-4H3;4-6H2,1-3H3;4-5H2,1-3H3. The summed E-state index contributed by atoms with van der Waals surface area (Å²) in [5.74, 6) is 1.27. The molecule has 0 saturated carbocycles. The second-order valence-corrected chi connectivity index (χ2v) is 9.72. The van der Waals surface area contributed by atoms with Gasteiger partial charge in [0.15, 0.2) is 0 Å². The highest BCUT2D eigenvalue weighted by molar-refractivity contribution is 6.18. The largest absolute Gasteiger partial charge is 0.376 e. The van der Waals surface area contributed by atoms with Crippen molar-refractivity contribution in [1.82, 2.24) is 0 Å². The number of alkyl halides is 2. The van der Waals surface area contributed by atoms with Gasteiger partial charge >= 0.3 is 0 Å². The van der Waals surface area contributed by atoms with Crippen LogP contribution < -0.4 is 0 Å². The Morgan fingerprint density at radius 3 is 1.12 bits per heavy atom. The van der Waals surface area contributed by atoms with Gasteiger partial charge in [0.05, 0.1) is 23.4 Å². The number of rotatable bonds is 8. The summed E-state index contributed by atoms with van der Waals surface area (Å²) >= 11 is 10.8. The smallest absolute Gasteiger partial charge is 0.0608 e. The number of halogens is 2. The van der Waals surface area contributed by atoms with Gasteiger partial charge in [0.25, 0.3) is 0 Å². The first kappa shape index (κ1) is 31.2. The fourth-order valence-corrected chi connectivity index (χ4v) is 1.49. The summed E-state index contributed by atoms with van der Waals surface area (Å²) in [6.07, 6.45) is 3.34. The van der Waals surface area contributed by atoms with Gasteiger partial charge in [-0.25, -0.2) is 0 Å². The Labute approximate surface area is 174 Å². The molecule has 0 spiro atoms. The number of hydrogen-bond donors (Lipinski definition) is 0. The van der Waals surface area contributed by atoms with E-state index in [-0.39, 0.29) is 16.8 Å². The van der Waals surface area contributed by atoms with Crippen molar-refractivity contribution in [2.75, 3.05) is 31.6 Å². The Morgan fingerprint density at radius 2 is 0.885 bits per heavy atom. The molecular weight excluding hydrogens is 371 g/mol. The molecule has 0 aromatic heterocycles. The maximum atomic E-state index is 5.47. The van der Waals surface area contributed by atoms with Crippen LogP contribution in [-0.2, 0) is 14.2 Å². The van der Waals surface area contributed by atoms with E-state index >= 15 is 0 Å². The maximum absolute atomic E-state index is 5.47. The van der Waals surface area contributed by atoms with Crippen molar-refractivity contribution in [3.8, 4) is 0 Å². The quantitative estimate of drug-likeness (QED) is 0.312. The molecule has 0 amide bonds. The molecule has 3 nitrogen and oxygen atoms in total. The Bertz CT molecular complexity index is 256. The third-order valence-corrected chi connectivity index (χ3v) is 2.88. The van der Waals surface area contributed by atoms with E-state index in [2.05, 4.69) is 27.7 Å². The van der Waals surface area contributed by atoms with Crippen LogP contribution >= 0.6 is 23.2 Å². The predicted octanol–water partition coefficient (Wildman–Crippen LogP) is 7.07. The summed E-state index contributed by atoms with van der Waals surface area (Å²) in [7, 11) is 0. The van der Waals surface area contributed by atoms with Crippen LogP contribution in [-0.4, -0.2) is 48.4 Å². The minimum atomic E-state index is -0.0328. The second-order valence-electron chi connectivity index (χ2n) is 8.97. The molecule has 0 radical (unpaired) electrons. The number of hydrogen-bond acceptors (Lipinski definition) is 3. The summed E-state index contributed by atoms with van der Waals surface area (Å²) in [4.78, 5) is 0. The monoisotopic (exact) mass is 416 g/mol. The SMILES string of the molecule is CC(C)(C)OCCCCl.CC(C)(C)OCCCl.CCCCOC(C)(C)C. The lowest BCUT2D eigenvalue weighted by atomic mass is 10.2. The molecule has 162 valence electrons. The molecule has 0 bridgehead atoms. The molecule has 0 N–H and O–H groups in total. The van der Waals surface area contributed by atoms with Gasteiger partial charge in [0, 0.05) is 25.0 Å². The van der Waals surface area contributed by atoms with Crippen LogP contribution in [0.4, 0.5) is 0 Å². The molecule has 0 aromatic rings. The van der Waals surface area contributed by atoms with Gasteiger partial charge in [0.2, 0.25) is 0 Å². The molecule has 0 heterocycles. The van der Waals surface area contributed by atoms with Gasteiger partial charge in [-0.05, 0) is 75.2 Å². The molecule has 0 unspecified atom stereocenters. The molecule has 26 heavy (non-hydrogen) atoms. The Balaban J connectivity index is -0.000000306. The Kier molecular flexibility index (Phi) is 21.0. The average Bonchev–Trinajstić information content (AvgIpc) is 2.44. The van der Waals surface area contributed by atoms with Crippen molar-refractivity contribution >= 4 is 23.2 Å². The van der Waals surface area contributed by atoms with E-state index in [0.29, 0.717) is 18.4 Å². The molecule has 0 rings (SSSR count). The number of unbranched alkanes of at least 4 members (excludes halogenated alkanes) is 1. The lowest BCUT2D eigenvalue weighted by Gasteiger charge is -2.18. The van der Waals surface area contributed by atoms with Gasteiger partial charge < -0.3 is 14.2 Å². The van der Waals surface area contributed by atoms with E-state index in [9.17, 15) is 0 Å². The lowest BCUT2D eigenvalue weighted by molar-refractivity contribution is -0.00422. The minimum Gasteiger partial charge on any atom is -0.376 e. The van der Waals surface area contributed by atoms with E-state index in [4.69, 9.17) is 37.4 Å². The third-order valence-electron chi connectivity index (χ3n) is 2.46. The zero-order valence-electron chi connectivity index (χ0n) is 19.1. The molecule has 0 aliphatic rings. The zero-order valence-corrected chi connectivity index (χ0v) is 20.6. The maximum Gasteiger partial charge on any atom is 0.0608 e. The van der Waals surface area contributed by atoms with Crippen LogP contribution in [0.1, 0.15) is 88.5 Å². The number of ether oxygens (including phenoxy) is 3. The highest BCUT2D eigenvalue weighted by Gasteiger charge is 2.09. The van der Waals surface area contributed by atoms with Crippen LogP contribution in [0.2, 0.25) is 0 Å². The van der Waals surface area contributed by atoms with Gasteiger partial charge in [-0.15, -0.1) is 23.2 Å². The first-order valence-electron chi connectivity index (χ1n) is 9.72. The fraction of sp³-hybridized carbons (Fsp3) is 1.00. The van der Waals surface area contributed by atoms with Crippen molar-refractivity contribution in [3.05, 3.63) is 0 Å². The van der Waals surface area contributed by atoms with Crippen LogP contribution in [0, 0.1) is 0 Å². The van der Waals surface area contributed by atoms with E-state index in [1.807, 2.05) is 41.5 Å². The second kappa shape index (κ2) is 17.6. The molecule has 0 saturated heterocycles. The summed E-state index contributed by atoms with van der Waals surface area (Å²) in [5, 5.41) is 0. The molecule has 0 fully saturated rings. The van der Waals surface area contributed by atoms with Crippen molar-refractivity contribution in [2.24, 2.45) is 0 Å². The predicted molar refractivity (Wildman–Crippen MR) is 118 cm³/mol. The van der Waals surface area contributed by atoms with Crippen molar-refractivity contribution < 1.29 is 14.2 Å². The molecule has 0 aliphatic carbocycles. The highest BCUT2D eigenvalue weighted by Crippen LogP contribution is 2.07. The fourth-order valence-electron chi connectivity index (χ4n) is 1.30. The van der Waals surface area contributed by atoms with Crippen LogP contribution in [0.5, 0.6) is 0 Å². The van der Waals surface area contributed by atoms with E-state index in [1.54, 1.807) is 0 Å². The van der Waals surface area contributed by atoms with Gasteiger partial charge in [0.1, 0.15) is 0 Å². The van der Waals surface area contributed by atoms with E-state index in [0.717, 1.165) is 19.6 Å². The molecule has 0 aromatic carbocycles. The molecular formula is C21H46Cl2O3. The summed E-state index contributed by atoms with van der Waals surface area (Å²) < 4.78 is 16.1. The summed E-state index contributed by atoms with van der Waals surface area (Å²) in [6.45, 7) is 22.9. The van der Waals surface area contributed by atoms with Gasteiger partial charge in [-0.3, -0.25) is 0 Å². The van der Waals surface area contributed by atoms with Crippen LogP contribution in [0.3, 0.4) is 0 Å². The minimum absolute atomic E-state index is 0.00788. The van der Waals surface area contributed by atoms with Gasteiger partial charge in [-0.1, -0.05) is 13.3 Å². The first-order valence-corrected chi connectivity index (χ1v) is 10.8. The summed E-state index contributed by atoms with van der Waals surface area (Å²) in [6, 6.07) is 0. The molecule has 5 heteroatoms. The summed E-state index contributed by atoms with van der Waals surface area (Å²) in [5.41, 5.74) is 0.0100. The molecule has 0 aliphatic heterocycles. The third kappa shape index (κ3) is 44.2. The topological polar surface area (TPSA) is 27.7 Å². The Hall–Kier alpha value is 0.460. The average molecular weight is 418 g/mol. The van der Waals surface area contributed by atoms with E-state index < -0.39 is 0 Å².